The van der Waals surface area contributed by atoms with Gasteiger partial charge in [-0.15, -0.1) is 5.10 Å². The van der Waals surface area contributed by atoms with Gasteiger partial charge in [-0.3, -0.25) is 14.6 Å². The predicted octanol–water partition coefficient (Wildman–Crippen LogP) is 2.05. The first kappa shape index (κ1) is 21.2. The van der Waals surface area contributed by atoms with Gasteiger partial charge in [-0.2, -0.15) is 9.78 Å². The highest BCUT2D eigenvalue weighted by Crippen LogP contribution is 2.20. The van der Waals surface area contributed by atoms with E-state index in [1.807, 2.05) is 54.7 Å². The lowest BCUT2D eigenvalue weighted by Crippen LogP contribution is -2.27. The number of aliphatic hydroxyl groups excluding tert-OH is 1. The standard InChI is InChI=1S/C24H26N6O3/c1-33-22-4-2-3-17(11-22)14-29-23(16-28-10-9-21(31)15-28)27-30(24(29)32)20-7-5-18(6-8-20)19-12-25-26-13-19/h2-8,11-13,21,31H,9-10,14-16H2,1H3,(H,25,26). The number of hydrogen-bond donors (Lipinski definition) is 2. The summed E-state index contributed by atoms with van der Waals surface area (Å²) in [5, 5.41) is 21.4. The molecule has 3 heterocycles. The van der Waals surface area contributed by atoms with Crippen LogP contribution in [0.1, 0.15) is 17.8 Å². The van der Waals surface area contributed by atoms with Crippen LogP contribution in [0.25, 0.3) is 16.8 Å². The van der Waals surface area contributed by atoms with E-state index in [2.05, 4.69) is 15.1 Å². The molecule has 9 nitrogen and oxygen atoms in total. The van der Waals surface area contributed by atoms with Crippen molar-refractivity contribution in [2.24, 2.45) is 0 Å². The number of benzene rings is 2. The van der Waals surface area contributed by atoms with Crippen molar-refractivity contribution in [3.63, 3.8) is 0 Å². The molecule has 9 heteroatoms. The molecular weight excluding hydrogens is 420 g/mol. The van der Waals surface area contributed by atoms with Crippen molar-refractivity contribution in [2.45, 2.75) is 25.6 Å². The van der Waals surface area contributed by atoms with Crippen molar-refractivity contribution in [3.8, 4) is 22.6 Å². The molecule has 1 atom stereocenters. The topological polar surface area (TPSA) is 101 Å². The van der Waals surface area contributed by atoms with Crippen LogP contribution in [0.4, 0.5) is 0 Å². The Balaban J connectivity index is 1.50. The summed E-state index contributed by atoms with van der Waals surface area (Å²) in [4.78, 5) is 15.6. The second-order valence-corrected chi connectivity index (χ2v) is 8.26. The fraction of sp³-hybridized carbons (Fsp3) is 0.292. The van der Waals surface area contributed by atoms with Crippen LogP contribution in [-0.2, 0) is 13.1 Å². The second-order valence-electron chi connectivity index (χ2n) is 8.26. The Bertz CT molecular complexity index is 1280. The van der Waals surface area contributed by atoms with E-state index in [0.29, 0.717) is 31.1 Å². The predicted molar refractivity (Wildman–Crippen MR) is 123 cm³/mol. The number of nitrogens with one attached hydrogen (secondary N) is 1. The van der Waals surface area contributed by atoms with Gasteiger partial charge in [0.1, 0.15) is 11.6 Å². The third-order valence-electron chi connectivity index (χ3n) is 5.97. The Labute approximate surface area is 190 Å². The fourth-order valence-electron chi connectivity index (χ4n) is 4.19. The summed E-state index contributed by atoms with van der Waals surface area (Å²) >= 11 is 0. The van der Waals surface area contributed by atoms with Crippen LogP contribution in [-0.4, -0.2) is 60.9 Å². The number of β-amino-alcohol motifs (C(OH)–C–C–N with tert-alkyl or cyclic N) is 1. The second kappa shape index (κ2) is 9.05. The summed E-state index contributed by atoms with van der Waals surface area (Å²) in [7, 11) is 1.63. The molecule has 0 radical (unpaired) electrons. The summed E-state index contributed by atoms with van der Waals surface area (Å²) in [5.41, 5.74) is 3.42. The van der Waals surface area contributed by atoms with E-state index in [4.69, 9.17) is 9.84 Å². The SMILES string of the molecule is COc1cccc(Cn2c(CN3CCC(O)C3)nn(-c3ccc(-c4cn[nH]c4)cc3)c2=O)c1. The number of ether oxygens (including phenoxy) is 1. The monoisotopic (exact) mass is 446 g/mol. The summed E-state index contributed by atoms with van der Waals surface area (Å²) in [5.74, 6) is 1.41. The molecule has 2 N–H and O–H groups in total. The maximum Gasteiger partial charge on any atom is 0.351 e. The van der Waals surface area contributed by atoms with Gasteiger partial charge in [0.2, 0.25) is 0 Å². The van der Waals surface area contributed by atoms with Gasteiger partial charge in [0.05, 0.1) is 38.2 Å². The first-order valence-corrected chi connectivity index (χ1v) is 10.9. The summed E-state index contributed by atoms with van der Waals surface area (Å²) in [6, 6.07) is 15.3. The van der Waals surface area contributed by atoms with Gasteiger partial charge in [-0.1, -0.05) is 24.3 Å². The van der Waals surface area contributed by atoms with E-state index in [-0.39, 0.29) is 11.8 Å². The maximum absolute atomic E-state index is 13.5. The summed E-state index contributed by atoms with van der Waals surface area (Å²) in [6.45, 7) is 2.24. The molecule has 0 bridgehead atoms. The molecule has 0 aliphatic carbocycles. The van der Waals surface area contributed by atoms with Crippen molar-refractivity contribution >= 4 is 0 Å². The van der Waals surface area contributed by atoms with E-state index >= 15 is 0 Å². The van der Waals surface area contributed by atoms with Crippen molar-refractivity contribution in [1.29, 1.82) is 0 Å². The van der Waals surface area contributed by atoms with Gasteiger partial charge < -0.3 is 9.84 Å². The highest BCUT2D eigenvalue weighted by Gasteiger charge is 2.24. The molecule has 5 rings (SSSR count). The lowest BCUT2D eigenvalue weighted by molar-refractivity contribution is 0.173. The average molecular weight is 447 g/mol. The average Bonchev–Trinajstić information content (AvgIpc) is 3.58. The van der Waals surface area contributed by atoms with E-state index in [1.54, 1.807) is 17.9 Å². The van der Waals surface area contributed by atoms with Crippen molar-refractivity contribution in [2.75, 3.05) is 20.2 Å². The molecular formula is C24H26N6O3. The number of likely N-dealkylation sites (tertiary alicyclic amines) is 1. The summed E-state index contributed by atoms with van der Waals surface area (Å²) in [6.07, 6.45) is 3.98. The third-order valence-corrected chi connectivity index (χ3v) is 5.97. The van der Waals surface area contributed by atoms with Crippen molar-refractivity contribution in [3.05, 3.63) is 82.8 Å². The number of nitrogens with zero attached hydrogens (tertiary/aromatic N) is 5. The number of H-pyrrole nitrogens is 1. The Hall–Kier alpha value is -3.69. The molecule has 0 spiro atoms. The zero-order valence-electron chi connectivity index (χ0n) is 18.4. The van der Waals surface area contributed by atoms with Crippen LogP contribution < -0.4 is 10.4 Å². The Morgan fingerprint density at radius 3 is 2.70 bits per heavy atom. The number of rotatable bonds is 7. The van der Waals surface area contributed by atoms with Gasteiger partial charge in [0.25, 0.3) is 0 Å². The third kappa shape index (κ3) is 4.46. The van der Waals surface area contributed by atoms with Crippen LogP contribution in [0.15, 0.2) is 65.7 Å². The molecule has 2 aromatic carbocycles. The quantitative estimate of drug-likeness (QED) is 0.451. The minimum Gasteiger partial charge on any atom is -0.497 e. The van der Waals surface area contributed by atoms with E-state index < -0.39 is 0 Å². The van der Waals surface area contributed by atoms with E-state index in [0.717, 1.165) is 35.4 Å². The molecule has 0 amide bonds. The smallest absolute Gasteiger partial charge is 0.351 e. The lowest BCUT2D eigenvalue weighted by atomic mass is 10.1. The zero-order valence-corrected chi connectivity index (χ0v) is 18.4. The van der Waals surface area contributed by atoms with Crippen LogP contribution in [0.5, 0.6) is 5.75 Å². The van der Waals surface area contributed by atoms with Crippen LogP contribution >= 0.6 is 0 Å². The van der Waals surface area contributed by atoms with E-state index in [1.165, 1.54) is 4.68 Å². The number of aliphatic hydroxyl groups is 1. The minimum absolute atomic E-state index is 0.205. The first-order valence-electron chi connectivity index (χ1n) is 10.9. The molecule has 1 saturated heterocycles. The Morgan fingerprint density at radius 2 is 2.00 bits per heavy atom. The molecule has 33 heavy (non-hydrogen) atoms. The molecule has 1 fully saturated rings. The minimum atomic E-state index is -0.332. The largest absolute Gasteiger partial charge is 0.497 e. The maximum atomic E-state index is 13.5. The van der Waals surface area contributed by atoms with Crippen molar-refractivity contribution in [1.82, 2.24) is 29.4 Å². The molecule has 2 aromatic heterocycles. The number of hydrogen-bond acceptors (Lipinski definition) is 6. The van der Waals surface area contributed by atoms with Crippen LogP contribution in [0.2, 0.25) is 0 Å². The Morgan fingerprint density at radius 1 is 1.15 bits per heavy atom. The van der Waals surface area contributed by atoms with Gasteiger partial charge in [-0.25, -0.2) is 4.79 Å². The fourth-order valence-corrected chi connectivity index (χ4v) is 4.19. The first-order chi connectivity index (χ1) is 16.1. The Kier molecular flexibility index (Phi) is 5.80. The molecule has 4 aromatic rings. The number of methoxy groups -OCH3 is 1. The molecule has 1 aliphatic heterocycles. The molecule has 1 unspecified atom stereocenters. The van der Waals surface area contributed by atoms with Crippen LogP contribution in [0.3, 0.4) is 0 Å². The highest BCUT2D eigenvalue weighted by molar-refractivity contribution is 5.62. The van der Waals surface area contributed by atoms with Crippen LogP contribution in [0, 0.1) is 0 Å². The highest BCUT2D eigenvalue weighted by atomic mass is 16.5. The molecule has 1 aliphatic rings. The van der Waals surface area contributed by atoms with Gasteiger partial charge >= 0.3 is 5.69 Å². The zero-order chi connectivity index (χ0) is 22.8. The van der Waals surface area contributed by atoms with Crippen molar-refractivity contribution < 1.29 is 9.84 Å². The van der Waals surface area contributed by atoms with E-state index in [9.17, 15) is 9.90 Å². The van der Waals surface area contributed by atoms with Gasteiger partial charge in [0.15, 0.2) is 0 Å². The molecule has 0 saturated carbocycles. The normalized spacial score (nSPS) is 16.4. The van der Waals surface area contributed by atoms with Gasteiger partial charge in [0, 0.05) is 24.8 Å². The molecule has 170 valence electrons. The lowest BCUT2D eigenvalue weighted by Gasteiger charge is -2.14. The number of aromatic amines is 1. The number of aromatic nitrogens is 5. The summed E-state index contributed by atoms with van der Waals surface area (Å²) < 4.78 is 8.48. The van der Waals surface area contributed by atoms with Gasteiger partial charge in [-0.05, 0) is 41.8 Å².